The van der Waals surface area contributed by atoms with Gasteiger partial charge in [-0.3, -0.25) is 4.79 Å². The van der Waals surface area contributed by atoms with Crippen LogP contribution in [-0.4, -0.2) is 18.5 Å². The molecule has 2 unspecified atom stereocenters. The molecule has 90 valence electrons. The predicted molar refractivity (Wildman–Crippen MR) is 64.5 cm³/mol. The van der Waals surface area contributed by atoms with Gasteiger partial charge in [0.05, 0.1) is 0 Å². The molecule has 0 aliphatic carbocycles. The second-order valence-electron chi connectivity index (χ2n) is 5.05. The third kappa shape index (κ3) is 9.73. The highest BCUT2D eigenvalue weighted by Crippen LogP contribution is 2.13. The fourth-order valence-corrected chi connectivity index (χ4v) is 1.72. The molecule has 0 heterocycles. The summed E-state index contributed by atoms with van der Waals surface area (Å²) in [5, 5.41) is 2.90. The van der Waals surface area contributed by atoms with Gasteiger partial charge in [0.1, 0.15) is 0 Å². The van der Waals surface area contributed by atoms with Crippen molar-refractivity contribution in [3.8, 4) is 0 Å². The quantitative estimate of drug-likeness (QED) is 0.680. The molecule has 3 nitrogen and oxygen atoms in total. The van der Waals surface area contributed by atoms with Gasteiger partial charge in [-0.25, -0.2) is 0 Å². The van der Waals surface area contributed by atoms with Crippen LogP contribution >= 0.6 is 0 Å². The number of nitrogens with two attached hydrogens (primary N) is 1. The molecule has 3 N–H and O–H groups in total. The third-order valence-corrected chi connectivity index (χ3v) is 2.33. The normalized spacial score (nSPS) is 15.1. The van der Waals surface area contributed by atoms with Crippen molar-refractivity contribution in [3.63, 3.8) is 0 Å². The molecule has 15 heavy (non-hydrogen) atoms. The highest BCUT2D eigenvalue weighted by Gasteiger charge is 2.10. The van der Waals surface area contributed by atoms with E-state index in [1.807, 2.05) is 6.92 Å². The molecule has 2 atom stereocenters. The molecule has 0 spiro atoms. The Morgan fingerprint density at radius 2 is 1.87 bits per heavy atom. The van der Waals surface area contributed by atoms with Crippen LogP contribution in [0, 0.1) is 11.8 Å². The molecule has 0 saturated carbocycles. The van der Waals surface area contributed by atoms with Crippen molar-refractivity contribution in [3.05, 3.63) is 0 Å². The lowest BCUT2D eigenvalue weighted by Crippen LogP contribution is -2.30. The standard InChI is InChI=1S/C12H26N2O/c1-9(2)7-10(3)8-12(15)14-6-5-11(4)13/h9-11H,5-8,13H2,1-4H3,(H,14,15). The Labute approximate surface area is 93.8 Å². The van der Waals surface area contributed by atoms with E-state index in [1.54, 1.807) is 0 Å². The molecule has 0 aliphatic rings. The maximum atomic E-state index is 11.5. The van der Waals surface area contributed by atoms with Crippen LogP contribution in [-0.2, 0) is 4.79 Å². The van der Waals surface area contributed by atoms with E-state index in [1.165, 1.54) is 0 Å². The molecule has 0 aromatic rings. The molecule has 0 saturated heterocycles. The van der Waals surface area contributed by atoms with Gasteiger partial charge < -0.3 is 11.1 Å². The third-order valence-electron chi connectivity index (χ3n) is 2.33. The number of nitrogens with one attached hydrogen (secondary N) is 1. The fourth-order valence-electron chi connectivity index (χ4n) is 1.72. The Kier molecular flexibility index (Phi) is 7.39. The van der Waals surface area contributed by atoms with Crippen molar-refractivity contribution in [2.45, 2.75) is 53.0 Å². The Morgan fingerprint density at radius 1 is 1.27 bits per heavy atom. The van der Waals surface area contributed by atoms with Gasteiger partial charge in [0.15, 0.2) is 0 Å². The molecule has 0 fully saturated rings. The summed E-state index contributed by atoms with van der Waals surface area (Å²) in [5.41, 5.74) is 5.59. The first-order valence-corrected chi connectivity index (χ1v) is 5.94. The average Bonchev–Trinajstić information content (AvgIpc) is 2.00. The van der Waals surface area contributed by atoms with Crippen LogP contribution in [0.2, 0.25) is 0 Å². The zero-order chi connectivity index (χ0) is 11.8. The molecular weight excluding hydrogens is 188 g/mol. The lowest BCUT2D eigenvalue weighted by Gasteiger charge is -2.14. The van der Waals surface area contributed by atoms with Crippen LogP contribution in [0.25, 0.3) is 0 Å². The number of amides is 1. The predicted octanol–water partition coefficient (Wildman–Crippen LogP) is 1.91. The summed E-state index contributed by atoms with van der Waals surface area (Å²) in [6.07, 6.45) is 2.60. The molecule has 0 radical (unpaired) electrons. The van der Waals surface area contributed by atoms with Crippen molar-refractivity contribution in [2.24, 2.45) is 17.6 Å². The van der Waals surface area contributed by atoms with Gasteiger partial charge >= 0.3 is 0 Å². The summed E-state index contributed by atoms with van der Waals surface area (Å²) in [6.45, 7) is 9.15. The van der Waals surface area contributed by atoms with E-state index >= 15 is 0 Å². The van der Waals surface area contributed by atoms with Gasteiger partial charge in [0.2, 0.25) is 5.91 Å². The number of hydrogen-bond donors (Lipinski definition) is 2. The van der Waals surface area contributed by atoms with Crippen molar-refractivity contribution in [1.29, 1.82) is 0 Å². The van der Waals surface area contributed by atoms with Gasteiger partial charge in [-0.2, -0.15) is 0 Å². The summed E-state index contributed by atoms with van der Waals surface area (Å²) in [4.78, 5) is 11.5. The monoisotopic (exact) mass is 214 g/mol. The smallest absolute Gasteiger partial charge is 0.220 e. The summed E-state index contributed by atoms with van der Waals surface area (Å²) >= 11 is 0. The number of hydrogen-bond acceptors (Lipinski definition) is 2. The Balaban J connectivity index is 3.55. The maximum Gasteiger partial charge on any atom is 0.220 e. The van der Waals surface area contributed by atoms with Gasteiger partial charge in [-0.05, 0) is 31.6 Å². The Morgan fingerprint density at radius 3 is 2.33 bits per heavy atom. The minimum atomic E-state index is 0.156. The molecule has 0 bridgehead atoms. The minimum Gasteiger partial charge on any atom is -0.356 e. The van der Waals surface area contributed by atoms with E-state index in [0.29, 0.717) is 24.8 Å². The highest BCUT2D eigenvalue weighted by atomic mass is 16.1. The second kappa shape index (κ2) is 7.69. The Hall–Kier alpha value is -0.570. The fraction of sp³-hybridized carbons (Fsp3) is 0.917. The molecule has 0 aromatic heterocycles. The zero-order valence-corrected chi connectivity index (χ0v) is 10.5. The summed E-state index contributed by atoms with van der Waals surface area (Å²) in [5.74, 6) is 1.29. The molecule has 1 amide bonds. The SMILES string of the molecule is CC(C)CC(C)CC(=O)NCCC(C)N. The van der Waals surface area contributed by atoms with Crippen molar-refractivity contribution in [2.75, 3.05) is 6.54 Å². The van der Waals surface area contributed by atoms with Gasteiger partial charge in [-0.1, -0.05) is 20.8 Å². The lowest BCUT2D eigenvalue weighted by atomic mass is 9.96. The van der Waals surface area contributed by atoms with E-state index in [2.05, 4.69) is 26.1 Å². The van der Waals surface area contributed by atoms with Crippen LogP contribution in [0.1, 0.15) is 47.0 Å². The van der Waals surface area contributed by atoms with Gasteiger partial charge in [0, 0.05) is 19.0 Å². The van der Waals surface area contributed by atoms with Crippen LogP contribution in [0.4, 0.5) is 0 Å². The number of carbonyl (C=O) groups is 1. The first kappa shape index (κ1) is 14.4. The highest BCUT2D eigenvalue weighted by molar-refractivity contribution is 5.76. The summed E-state index contributed by atoms with van der Waals surface area (Å²) in [7, 11) is 0. The van der Waals surface area contributed by atoms with E-state index in [0.717, 1.165) is 12.8 Å². The summed E-state index contributed by atoms with van der Waals surface area (Å²) < 4.78 is 0. The van der Waals surface area contributed by atoms with Gasteiger partial charge in [0.25, 0.3) is 0 Å². The summed E-state index contributed by atoms with van der Waals surface area (Å²) in [6, 6.07) is 0.165. The largest absolute Gasteiger partial charge is 0.356 e. The topological polar surface area (TPSA) is 55.1 Å². The van der Waals surface area contributed by atoms with Crippen LogP contribution < -0.4 is 11.1 Å². The van der Waals surface area contributed by atoms with Crippen molar-refractivity contribution in [1.82, 2.24) is 5.32 Å². The molecule has 0 aromatic carbocycles. The first-order valence-electron chi connectivity index (χ1n) is 5.94. The van der Waals surface area contributed by atoms with E-state index in [9.17, 15) is 4.79 Å². The molecule has 0 rings (SSSR count). The second-order valence-corrected chi connectivity index (χ2v) is 5.05. The lowest BCUT2D eigenvalue weighted by molar-refractivity contribution is -0.122. The van der Waals surface area contributed by atoms with Crippen LogP contribution in [0.3, 0.4) is 0 Å². The average molecular weight is 214 g/mol. The van der Waals surface area contributed by atoms with Crippen LogP contribution in [0.5, 0.6) is 0 Å². The van der Waals surface area contributed by atoms with Crippen LogP contribution in [0.15, 0.2) is 0 Å². The van der Waals surface area contributed by atoms with Crippen molar-refractivity contribution < 1.29 is 4.79 Å². The van der Waals surface area contributed by atoms with E-state index < -0.39 is 0 Å². The maximum absolute atomic E-state index is 11.5. The number of rotatable bonds is 7. The molecule has 0 aliphatic heterocycles. The Bertz CT molecular complexity index is 178. The molecule has 3 heteroatoms. The van der Waals surface area contributed by atoms with Crippen molar-refractivity contribution >= 4 is 5.91 Å². The van der Waals surface area contributed by atoms with E-state index in [-0.39, 0.29) is 11.9 Å². The number of carbonyl (C=O) groups excluding carboxylic acids is 1. The first-order chi connectivity index (χ1) is 6.91. The van der Waals surface area contributed by atoms with E-state index in [4.69, 9.17) is 5.73 Å². The minimum absolute atomic E-state index is 0.156. The van der Waals surface area contributed by atoms with Gasteiger partial charge in [-0.15, -0.1) is 0 Å². The zero-order valence-electron chi connectivity index (χ0n) is 10.5. The molecular formula is C12H26N2O.